The zero-order valence-electron chi connectivity index (χ0n) is 15.5. The van der Waals surface area contributed by atoms with Gasteiger partial charge >= 0.3 is 5.97 Å². The van der Waals surface area contributed by atoms with Crippen LogP contribution in [0.4, 0.5) is 0 Å². The van der Waals surface area contributed by atoms with Gasteiger partial charge in [-0.2, -0.15) is 0 Å². The molecular formula is C19H22N2O5S. The summed E-state index contributed by atoms with van der Waals surface area (Å²) in [5, 5.41) is 0. The Morgan fingerprint density at radius 2 is 1.85 bits per heavy atom. The van der Waals surface area contributed by atoms with Crippen molar-refractivity contribution in [3.05, 3.63) is 65.5 Å². The summed E-state index contributed by atoms with van der Waals surface area (Å²) in [7, 11) is -1.81. The number of carbonyl (C=O) groups is 2. The molecule has 2 rings (SSSR count). The molecule has 1 aromatic heterocycles. The number of carbonyl (C=O) groups excluding carboxylic acids is 2. The predicted octanol–water partition coefficient (Wildman–Crippen LogP) is 2.15. The Kier molecular flexibility index (Phi) is 6.35. The van der Waals surface area contributed by atoms with Crippen molar-refractivity contribution in [2.24, 2.45) is 7.05 Å². The van der Waals surface area contributed by atoms with Crippen molar-refractivity contribution in [3.63, 3.8) is 0 Å². The highest BCUT2D eigenvalue weighted by Gasteiger charge is 2.18. The molecule has 0 aliphatic rings. The van der Waals surface area contributed by atoms with E-state index in [0.29, 0.717) is 5.56 Å². The van der Waals surface area contributed by atoms with Crippen LogP contribution in [0.15, 0.2) is 47.9 Å². The molecule has 27 heavy (non-hydrogen) atoms. The summed E-state index contributed by atoms with van der Waals surface area (Å²) >= 11 is 0. The van der Waals surface area contributed by atoms with Gasteiger partial charge in [0, 0.05) is 30.5 Å². The van der Waals surface area contributed by atoms with E-state index in [4.69, 9.17) is 4.74 Å². The Morgan fingerprint density at radius 1 is 1.22 bits per heavy atom. The van der Waals surface area contributed by atoms with Crippen LogP contribution < -0.4 is 4.72 Å². The highest BCUT2D eigenvalue weighted by atomic mass is 32.2. The van der Waals surface area contributed by atoms with Crippen molar-refractivity contribution in [1.82, 2.24) is 9.29 Å². The van der Waals surface area contributed by atoms with E-state index in [9.17, 15) is 18.0 Å². The van der Waals surface area contributed by atoms with Gasteiger partial charge in [-0.1, -0.05) is 6.08 Å². The van der Waals surface area contributed by atoms with Gasteiger partial charge < -0.3 is 9.30 Å². The van der Waals surface area contributed by atoms with Gasteiger partial charge in [0.25, 0.3) is 0 Å². The van der Waals surface area contributed by atoms with Crippen LogP contribution in [-0.4, -0.2) is 37.9 Å². The van der Waals surface area contributed by atoms with Gasteiger partial charge in [-0.05, 0) is 44.2 Å². The fourth-order valence-electron chi connectivity index (χ4n) is 2.45. The lowest BCUT2D eigenvalue weighted by Gasteiger charge is -2.07. The van der Waals surface area contributed by atoms with Gasteiger partial charge in [0.15, 0.2) is 6.61 Å². The first kappa shape index (κ1) is 20.6. The number of rotatable bonds is 8. The number of esters is 1. The number of hydrogen-bond acceptors (Lipinski definition) is 5. The molecule has 0 bridgehead atoms. The minimum absolute atomic E-state index is 0.0207. The number of nitrogens with one attached hydrogen (secondary N) is 1. The first-order valence-electron chi connectivity index (χ1n) is 8.21. The summed E-state index contributed by atoms with van der Waals surface area (Å²) < 4.78 is 33.2. The van der Waals surface area contributed by atoms with Crippen molar-refractivity contribution in [2.45, 2.75) is 18.7 Å². The number of benzene rings is 1. The average molecular weight is 390 g/mol. The van der Waals surface area contributed by atoms with Gasteiger partial charge in [0.2, 0.25) is 15.8 Å². The van der Waals surface area contributed by atoms with E-state index in [1.165, 1.54) is 30.3 Å². The maximum absolute atomic E-state index is 12.3. The maximum Gasteiger partial charge on any atom is 0.338 e. The highest BCUT2D eigenvalue weighted by molar-refractivity contribution is 7.89. The van der Waals surface area contributed by atoms with Crippen LogP contribution in [0, 0.1) is 13.8 Å². The first-order valence-corrected chi connectivity index (χ1v) is 9.69. The zero-order valence-corrected chi connectivity index (χ0v) is 16.3. The van der Waals surface area contributed by atoms with Crippen molar-refractivity contribution in [3.8, 4) is 0 Å². The lowest BCUT2D eigenvalue weighted by atomic mass is 10.1. The van der Waals surface area contributed by atoms with E-state index in [1.807, 2.05) is 25.5 Å². The van der Waals surface area contributed by atoms with Crippen molar-refractivity contribution >= 4 is 21.8 Å². The van der Waals surface area contributed by atoms with E-state index in [2.05, 4.69) is 11.3 Å². The van der Waals surface area contributed by atoms with E-state index >= 15 is 0 Å². The summed E-state index contributed by atoms with van der Waals surface area (Å²) in [5.41, 5.74) is 2.41. The summed E-state index contributed by atoms with van der Waals surface area (Å²) in [6, 6.07) is 7.03. The van der Waals surface area contributed by atoms with Crippen LogP contribution in [0.25, 0.3) is 0 Å². The molecule has 2 aromatic rings. The Morgan fingerprint density at radius 3 is 2.37 bits per heavy atom. The molecule has 0 fully saturated rings. The fourth-order valence-corrected chi connectivity index (χ4v) is 3.45. The average Bonchev–Trinajstić information content (AvgIpc) is 2.91. The molecule has 1 aromatic carbocycles. The second-order valence-electron chi connectivity index (χ2n) is 6.01. The number of hydrogen-bond donors (Lipinski definition) is 1. The molecule has 0 aliphatic carbocycles. The highest BCUT2D eigenvalue weighted by Crippen LogP contribution is 2.15. The number of nitrogens with zero attached hydrogens (tertiary/aromatic N) is 1. The molecule has 0 saturated heterocycles. The third-order valence-electron chi connectivity index (χ3n) is 4.23. The molecule has 0 saturated carbocycles. The molecule has 0 atom stereocenters. The fraction of sp³-hybridized carbons (Fsp3) is 0.263. The molecule has 0 unspecified atom stereocenters. The van der Waals surface area contributed by atoms with Gasteiger partial charge in [0.05, 0.1) is 10.5 Å². The Hall–Kier alpha value is -2.71. The number of aromatic nitrogens is 1. The normalized spacial score (nSPS) is 11.2. The number of ether oxygens (including phenoxy) is 1. The SMILES string of the molecule is C=CCNS(=O)(=O)c1ccc(C(=O)OCC(=O)c2cc(C)n(C)c2C)cc1. The monoisotopic (exact) mass is 390 g/mol. The smallest absolute Gasteiger partial charge is 0.338 e. The molecule has 0 amide bonds. The largest absolute Gasteiger partial charge is 0.454 e. The molecule has 1 N–H and O–H groups in total. The van der Waals surface area contributed by atoms with Crippen LogP contribution >= 0.6 is 0 Å². The first-order chi connectivity index (χ1) is 12.7. The van der Waals surface area contributed by atoms with Crippen molar-refractivity contribution in [2.75, 3.05) is 13.2 Å². The number of aryl methyl sites for hydroxylation is 1. The van der Waals surface area contributed by atoms with Crippen LogP contribution in [0.5, 0.6) is 0 Å². The molecule has 0 spiro atoms. The maximum atomic E-state index is 12.3. The summed E-state index contributed by atoms with van der Waals surface area (Å²) in [6.07, 6.45) is 1.43. The molecule has 0 aliphatic heterocycles. The van der Waals surface area contributed by atoms with E-state index in [1.54, 1.807) is 6.07 Å². The van der Waals surface area contributed by atoms with E-state index < -0.39 is 16.0 Å². The molecule has 0 radical (unpaired) electrons. The third kappa shape index (κ3) is 4.72. The Balaban J connectivity index is 2.03. The van der Waals surface area contributed by atoms with Crippen LogP contribution in [-0.2, 0) is 21.8 Å². The topological polar surface area (TPSA) is 94.5 Å². The molecule has 1 heterocycles. The van der Waals surface area contributed by atoms with Crippen molar-refractivity contribution < 1.29 is 22.7 Å². The molecule has 8 heteroatoms. The van der Waals surface area contributed by atoms with Gasteiger partial charge in [-0.15, -0.1) is 6.58 Å². The predicted molar refractivity (Wildman–Crippen MR) is 101 cm³/mol. The Bertz CT molecular complexity index is 972. The third-order valence-corrected chi connectivity index (χ3v) is 5.67. The Labute approximate surface area is 158 Å². The number of Topliss-reactive ketones (excluding diaryl/α,β-unsaturated/α-hetero) is 1. The van der Waals surface area contributed by atoms with Crippen LogP contribution in [0.2, 0.25) is 0 Å². The van der Waals surface area contributed by atoms with E-state index in [-0.39, 0.29) is 29.4 Å². The van der Waals surface area contributed by atoms with Crippen LogP contribution in [0.3, 0.4) is 0 Å². The van der Waals surface area contributed by atoms with Gasteiger partial charge in [-0.3, -0.25) is 4.79 Å². The van der Waals surface area contributed by atoms with Crippen LogP contribution in [0.1, 0.15) is 32.1 Å². The molecule has 7 nitrogen and oxygen atoms in total. The minimum Gasteiger partial charge on any atom is -0.454 e. The van der Waals surface area contributed by atoms with Gasteiger partial charge in [0.1, 0.15) is 0 Å². The standard InChI is InChI=1S/C19H22N2O5S/c1-5-10-20-27(24,25)16-8-6-15(7-9-16)19(23)26-12-18(22)17-11-13(2)21(4)14(17)3/h5-9,11,20H,1,10,12H2,2-4H3. The molecular weight excluding hydrogens is 368 g/mol. The van der Waals surface area contributed by atoms with Crippen molar-refractivity contribution in [1.29, 1.82) is 0 Å². The molecule has 144 valence electrons. The second kappa shape index (κ2) is 8.32. The number of sulfonamides is 1. The summed E-state index contributed by atoms with van der Waals surface area (Å²) in [5.74, 6) is -0.992. The minimum atomic E-state index is -3.66. The lowest BCUT2D eigenvalue weighted by molar-refractivity contribution is 0.0474. The zero-order chi connectivity index (χ0) is 20.2. The van der Waals surface area contributed by atoms with E-state index in [0.717, 1.165) is 11.4 Å². The quantitative estimate of drug-likeness (QED) is 0.423. The summed E-state index contributed by atoms with van der Waals surface area (Å²) in [4.78, 5) is 24.4. The summed E-state index contributed by atoms with van der Waals surface area (Å²) in [6.45, 7) is 6.87. The lowest BCUT2D eigenvalue weighted by Crippen LogP contribution is -2.23. The number of ketones is 1. The second-order valence-corrected chi connectivity index (χ2v) is 7.78. The van der Waals surface area contributed by atoms with Gasteiger partial charge in [-0.25, -0.2) is 17.9 Å².